The van der Waals surface area contributed by atoms with Crippen molar-refractivity contribution >= 4 is 17.7 Å². The molecule has 2 unspecified atom stereocenters. The van der Waals surface area contributed by atoms with Crippen molar-refractivity contribution in [1.29, 1.82) is 0 Å². The normalized spacial score (nSPS) is 24.5. The molecular formula is C16H21NO5. The number of ether oxygens (including phenoxy) is 2. The van der Waals surface area contributed by atoms with Gasteiger partial charge in [0.15, 0.2) is 0 Å². The van der Waals surface area contributed by atoms with Crippen molar-refractivity contribution in [2.45, 2.75) is 25.7 Å². The maximum Gasteiger partial charge on any atom is 0.331 e. The molecule has 0 bridgehead atoms. The topological polar surface area (TPSA) is 81.7 Å². The number of hydrogen-bond donors (Lipinski definition) is 1. The molecule has 0 spiro atoms. The molecule has 2 aliphatic rings. The Morgan fingerprint density at radius 2 is 1.77 bits per heavy atom. The van der Waals surface area contributed by atoms with Crippen LogP contribution in [0.25, 0.3) is 0 Å². The third kappa shape index (κ3) is 5.35. The van der Waals surface area contributed by atoms with Gasteiger partial charge in [0.25, 0.3) is 0 Å². The summed E-state index contributed by atoms with van der Waals surface area (Å²) in [7, 11) is 0. The molecule has 2 rings (SSSR count). The van der Waals surface area contributed by atoms with Gasteiger partial charge < -0.3 is 14.8 Å². The smallest absolute Gasteiger partial charge is 0.331 e. The van der Waals surface area contributed by atoms with Crippen molar-refractivity contribution in [3.05, 3.63) is 24.4 Å². The fraction of sp³-hybridized carbons (Fsp3) is 0.562. The third-order valence-electron chi connectivity index (χ3n) is 3.80. The molecule has 6 heteroatoms. The molecule has 1 aliphatic heterocycles. The van der Waals surface area contributed by atoms with Crippen molar-refractivity contribution in [2.75, 3.05) is 19.8 Å². The van der Waals surface area contributed by atoms with Gasteiger partial charge in [-0.1, -0.05) is 6.58 Å². The zero-order chi connectivity index (χ0) is 15.9. The summed E-state index contributed by atoms with van der Waals surface area (Å²) >= 11 is 0. The molecule has 1 saturated carbocycles. The lowest BCUT2D eigenvalue weighted by Gasteiger charge is -2.08. The standard InChI is InChI=1S/C16H21NO5/c1-11-6-13(8-17-11)10-22-16(20)5-4-15(19)21-9-12-2-3-14(18)7-12/h4-5,12-13,17H,1-3,6-10H2/b5-4+. The number of nitrogens with one attached hydrogen (secondary N) is 1. The first-order chi connectivity index (χ1) is 10.5. The molecule has 0 aromatic carbocycles. The lowest BCUT2D eigenvalue weighted by molar-refractivity contribution is -0.141. The van der Waals surface area contributed by atoms with E-state index in [1.54, 1.807) is 0 Å². The molecule has 0 amide bonds. The summed E-state index contributed by atoms with van der Waals surface area (Å²) in [5.41, 5.74) is 0.950. The zero-order valence-corrected chi connectivity index (χ0v) is 12.5. The van der Waals surface area contributed by atoms with Gasteiger partial charge in [0, 0.05) is 49.1 Å². The van der Waals surface area contributed by atoms with Gasteiger partial charge in [-0.15, -0.1) is 0 Å². The molecule has 0 aromatic heterocycles. The Balaban J connectivity index is 1.60. The summed E-state index contributed by atoms with van der Waals surface area (Å²) in [5.74, 6) is -0.599. The van der Waals surface area contributed by atoms with Crippen LogP contribution in [0.2, 0.25) is 0 Å². The highest BCUT2D eigenvalue weighted by Crippen LogP contribution is 2.21. The summed E-state index contributed by atoms with van der Waals surface area (Å²) in [4.78, 5) is 34.0. The number of carbonyl (C=O) groups is 3. The monoisotopic (exact) mass is 307 g/mol. The number of hydrogen-bond acceptors (Lipinski definition) is 6. The highest BCUT2D eigenvalue weighted by molar-refractivity contribution is 5.91. The van der Waals surface area contributed by atoms with E-state index in [9.17, 15) is 14.4 Å². The maximum absolute atomic E-state index is 11.5. The quantitative estimate of drug-likeness (QED) is 0.585. The van der Waals surface area contributed by atoms with Crippen LogP contribution in [0.3, 0.4) is 0 Å². The predicted octanol–water partition coefficient (Wildman–Crippen LogP) is 1.12. The highest BCUT2D eigenvalue weighted by Gasteiger charge is 2.23. The Kier molecular flexibility index (Phi) is 5.75. The molecule has 1 saturated heterocycles. The average Bonchev–Trinajstić information content (AvgIpc) is 3.09. The summed E-state index contributed by atoms with van der Waals surface area (Å²) in [6, 6.07) is 0. The molecule has 1 aliphatic carbocycles. The van der Waals surface area contributed by atoms with E-state index in [1.807, 2.05) is 0 Å². The molecule has 0 radical (unpaired) electrons. The van der Waals surface area contributed by atoms with Gasteiger partial charge in [0.1, 0.15) is 5.78 Å². The summed E-state index contributed by atoms with van der Waals surface area (Å²) in [5, 5.41) is 3.09. The predicted molar refractivity (Wildman–Crippen MR) is 78.7 cm³/mol. The van der Waals surface area contributed by atoms with Gasteiger partial charge in [-0.2, -0.15) is 0 Å². The number of ketones is 1. The number of esters is 2. The SMILES string of the molecule is C=C1CC(COC(=O)/C=C/C(=O)OCC2CCC(=O)C2)CN1. The van der Waals surface area contributed by atoms with Crippen LogP contribution in [0.15, 0.2) is 24.4 Å². The molecule has 120 valence electrons. The van der Waals surface area contributed by atoms with Crippen molar-refractivity contribution in [3.8, 4) is 0 Å². The van der Waals surface area contributed by atoms with E-state index in [0.717, 1.165) is 37.2 Å². The van der Waals surface area contributed by atoms with Gasteiger partial charge in [0.2, 0.25) is 0 Å². The Bertz CT molecular complexity index is 453. The van der Waals surface area contributed by atoms with E-state index in [1.165, 1.54) is 0 Å². The van der Waals surface area contributed by atoms with Crippen LogP contribution >= 0.6 is 0 Å². The Hall–Kier alpha value is -2.11. The first-order valence-electron chi connectivity index (χ1n) is 7.48. The molecule has 2 fully saturated rings. The number of allylic oxidation sites excluding steroid dienone is 1. The summed E-state index contributed by atoms with van der Waals surface area (Å²) in [6.45, 7) is 5.07. The molecule has 22 heavy (non-hydrogen) atoms. The number of rotatable bonds is 6. The van der Waals surface area contributed by atoms with E-state index in [-0.39, 0.29) is 24.2 Å². The van der Waals surface area contributed by atoms with Crippen molar-refractivity contribution < 1.29 is 23.9 Å². The Morgan fingerprint density at radius 1 is 1.14 bits per heavy atom. The first kappa shape index (κ1) is 16.3. The largest absolute Gasteiger partial charge is 0.462 e. The second-order valence-electron chi connectivity index (χ2n) is 5.80. The fourth-order valence-corrected chi connectivity index (χ4v) is 2.57. The highest BCUT2D eigenvalue weighted by atomic mass is 16.5. The van der Waals surface area contributed by atoms with E-state index in [4.69, 9.17) is 9.47 Å². The van der Waals surface area contributed by atoms with Crippen LogP contribution in [0.1, 0.15) is 25.7 Å². The zero-order valence-electron chi connectivity index (χ0n) is 12.5. The molecule has 6 nitrogen and oxygen atoms in total. The second-order valence-corrected chi connectivity index (χ2v) is 5.80. The maximum atomic E-state index is 11.5. The van der Waals surface area contributed by atoms with Gasteiger partial charge >= 0.3 is 11.9 Å². The minimum Gasteiger partial charge on any atom is -0.462 e. The molecule has 1 heterocycles. The summed E-state index contributed by atoms with van der Waals surface area (Å²) < 4.78 is 10.1. The molecule has 2 atom stereocenters. The van der Waals surface area contributed by atoms with Crippen LogP contribution in [0.4, 0.5) is 0 Å². The van der Waals surface area contributed by atoms with Gasteiger partial charge in [-0.05, 0) is 12.8 Å². The van der Waals surface area contributed by atoms with E-state index >= 15 is 0 Å². The lowest BCUT2D eigenvalue weighted by atomic mass is 10.1. The van der Waals surface area contributed by atoms with Crippen LogP contribution in [0, 0.1) is 11.8 Å². The Labute approximate surface area is 129 Å². The first-order valence-corrected chi connectivity index (χ1v) is 7.48. The van der Waals surface area contributed by atoms with Crippen molar-refractivity contribution in [2.24, 2.45) is 11.8 Å². The van der Waals surface area contributed by atoms with E-state index in [2.05, 4.69) is 11.9 Å². The van der Waals surface area contributed by atoms with Gasteiger partial charge in [-0.25, -0.2) is 9.59 Å². The van der Waals surface area contributed by atoms with Gasteiger partial charge in [-0.3, -0.25) is 4.79 Å². The lowest BCUT2D eigenvalue weighted by Crippen LogP contribution is -2.16. The van der Waals surface area contributed by atoms with Crippen LogP contribution in [-0.4, -0.2) is 37.5 Å². The molecular weight excluding hydrogens is 286 g/mol. The van der Waals surface area contributed by atoms with Crippen molar-refractivity contribution in [1.82, 2.24) is 5.32 Å². The second kappa shape index (κ2) is 7.77. The molecule has 0 aromatic rings. The van der Waals surface area contributed by atoms with E-state index < -0.39 is 11.9 Å². The molecule has 1 N–H and O–H groups in total. The van der Waals surface area contributed by atoms with Crippen molar-refractivity contribution in [3.63, 3.8) is 0 Å². The average molecular weight is 307 g/mol. The summed E-state index contributed by atoms with van der Waals surface area (Å²) in [6.07, 6.45) is 4.72. The minimum atomic E-state index is -0.591. The van der Waals surface area contributed by atoms with Crippen LogP contribution < -0.4 is 5.32 Å². The Morgan fingerprint density at radius 3 is 2.27 bits per heavy atom. The van der Waals surface area contributed by atoms with Crippen LogP contribution in [-0.2, 0) is 23.9 Å². The minimum absolute atomic E-state index is 0.111. The van der Waals surface area contributed by atoms with Gasteiger partial charge in [0.05, 0.1) is 13.2 Å². The fourth-order valence-electron chi connectivity index (χ4n) is 2.57. The number of carbonyl (C=O) groups excluding carboxylic acids is 3. The van der Waals surface area contributed by atoms with E-state index in [0.29, 0.717) is 19.4 Å². The third-order valence-corrected chi connectivity index (χ3v) is 3.80. The number of Topliss-reactive ketones (excluding diaryl/α,β-unsaturated/α-hetero) is 1. The van der Waals surface area contributed by atoms with Crippen LogP contribution in [0.5, 0.6) is 0 Å².